The molecule has 0 radical (unpaired) electrons. The maximum Gasteiger partial charge on any atom is 0.251 e. The van der Waals surface area contributed by atoms with Crippen molar-refractivity contribution in [2.75, 3.05) is 11.1 Å². The van der Waals surface area contributed by atoms with Gasteiger partial charge in [0.2, 0.25) is 5.91 Å². The number of hydrogen-bond donors (Lipinski definition) is 3. The third-order valence-corrected chi connectivity index (χ3v) is 4.91. The second-order valence-corrected chi connectivity index (χ2v) is 7.24. The first kappa shape index (κ1) is 20.7. The summed E-state index contributed by atoms with van der Waals surface area (Å²) in [6, 6.07) is 20.4. The number of nitrogens with two attached hydrogens (primary N) is 1. The summed E-state index contributed by atoms with van der Waals surface area (Å²) in [6.07, 6.45) is 0.321. The molecule has 0 saturated carbocycles. The van der Waals surface area contributed by atoms with Gasteiger partial charge in [-0.1, -0.05) is 71.7 Å². The zero-order valence-electron chi connectivity index (χ0n) is 15.4. The molecule has 0 aliphatic heterocycles. The van der Waals surface area contributed by atoms with Gasteiger partial charge in [-0.15, -0.1) is 0 Å². The van der Waals surface area contributed by atoms with Crippen LogP contribution in [0.5, 0.6) is 0 Å². The molecular weight excluding hydrogens is 409 g/mol. The molecule has 0 aliphatic rings. The Balaban J connectivity index is 1.81. The summed E-state index contributed by atoms with van der Waals surface area (Å²) < 4.78 is 0. The molecule has 1 atom stereocenters. The molecule has 29 heavy (non-hydrogen) atoms. The van der Waals surface area contributed by atoms with E-state index in [1.54, 1.807) is 24.3 Å². The highest BCUT2D eigenvalue weighted by molar-refractivity contribution is 6.39. The molecule has 3 aromatic carbocycles. The molecule has 3 aromatic rings. The van der Waals surface area contributed by atoms with Crippen LogP contribution in [0, 0.1) is 0 Å². The molecule has 0 spiro atoms. The topological polar surface area (TPSA) is 84.2 Å². The highest BCUT2D eigenvalue weighted by atomic mass is 35.5. The Morgan fingerprint density at radius 2 is 1.45 bits per heavy atom. The van der Waals surface area contributed by atoms with Crippen LogP contribution in [0.2, 0.25) is 10.0 Å². The molecule has 0 aromatic heterocycles. The van der Waals surface area contributed by atoms with Crippen molar-refractivity contribution >= 4 is 46.4 Å². The highest BCUT2D eigenvalue weighted by Crippen LogP contribution is 2.31. The van der Waals surface area contributed by atoms with Crippen molar-refractivity contribution in [1.29, 1.82) is 0 Å². The van der Waals surface area contributed by atoms with Gasteiger partial charge in [-0.25, -0.2) is 0 Å². The molecule has 3 rings (SSSR count). The first-order chi connectivity index (χ1) is 13.9. The number of amides is 2. The second-order valence-electron chi connectivity index (χ2n) is 6.42. The van der Waals surface area contributed by atoms with Crippen LogP contribution in [0.4, 0.5) is 11.4 Å². The summed E-state index contributed by atoms with van der Waals surface area (Å²) in [5.41, 5.74) is 7.76. The average molecular weight is 428 g/mol. The molecule has 5 nitrogen and oxygen atoms in total. The zero-order valence-corrected chi connectivity index (χ0v) is 16.9. The molecule has 2 amide bonds. The molecule has 0 aliphatic carbocycles. The molecule has 148 valence electrons. The molecule has 0 heterocycles. The van der Waals surface area contributed by atoms with Crippen LogP contribution in [-0.2, 0) is 11.2 Å². The Kier molecular flexibility index (Phi) is 6.75. The van der Waals surface area contributed by atoms with E-state index < -0.39 is 11.9 Å². The predicted octanol–water partition coefficient (Wildman–Crippen LogP) is 4.56. The first-order valence-electron chi connectivity index (χ1n) is 8.89. The lowest BCUT2D eigenvalue weighted by Gasteiger charge is -2.19. The standard InChI is InChI=1S/C22H19Cl2N3O2/c23-17-12-16(13-18(24)20(17)25)26-22(29)19(11-14-7-3-1-4-8-14)27-21(28)15-9-5-2-6-10-15/h1-10,12-13,19H,11,25H2,(H,26,29)(H,27,28)/t19-/m1/s1. The van der Waals surface area contributed by atoms with Gasteiger partial charge < -0.3 is 16.4 Å². The largest absolute Gasteiger partial charge is 0.396 e. The van der Waals surface area contributed by atoms with Crippen molar-refractivity contribution in [3.8, 4) is 0 Å². The van der Waals surface area contributed by atoms with E-state index >= 15 is 0 Å². The Labute approximate surface area is 178 Å². The predicted molar refractivity (Wildman–Crippen MR) is 117 cm³/mol. The van der Waals surface area contributed by atoms with Gasteiger partial charge in [0.25, 0.3) is 5.91 Å². The smallest absolute Gasteiger partial charge is 0.251 e. The van der Waals surface area contributed by atoms with Crippen LogP contribution >= 0.6 is 23.2 Å². The fraction of sp³-hybridized carbons (Fsp3) is 0.0909. The lowest BCUT2D eigenvalue weighted by Crippen LogP contribution is -2.45. The average Bonchev–Trinajstić information content (AvgIpc) is 2.72. The van der Waals surface area contributed by atoms with Gasteiger partial charge in [0, 0.05) is 17.7 Å². The van der Waals surface area contributed by atoms with E-state index in [4.69, 9.17) is 28.9 Å². The minimum atomic E-state index is -0.805. The van der Waals surface area contributed by atoms with Gasteiger partial charge in [0.05, 0.1) is 15.7 Å². The monoisotopic (exact) mass is 427 g/mol. The third kappa shape index (κ3) is 5.50. The van der Waals surface area contributed by atoms with Crippen molar-refractivity contribution in [3.05, 3.63) is 94.0 Å². The maximum absolute atomic E-state index is 12.9. The van der Waals surface area contributed by atoms with Gasteiger partial charge in [0.15, 0.2) is 0 Å². The summed E-state index contributed by atoms with van der Waals surface area (Å²) in [6.45, 7) is 0. The lowest BCUT2D eigenvalue weighted by molar-refractivity contribution is -0.118. The van der Waals surface area contributed by atoms with Crippen molar-refractivity contribution in [2.24, 2.45) is 0 Å². The highest BCUT2D eigenvalue weighted by Gasteiger charge is 2.22. The number of carbonyl (C=O) groups excluding carboxylic acids is 2. The quantitative estimate of drug-likeness (QED) is 0.504. The molecule has 0 bridgehead atoms. The van der Waals surface area contributed by atoms with Gasteiger partial charge in [-0.2, -0.15) is 0 Å². The van der Waals surface area contributed by atoms with E-state index in [1.165, 1.54) is 12.1 Å². The van der Waals surface area contributed by atoms with E-state index in [-0.39, 0.29) is 21.6 Å². The Morgan fingerprint density at radius 1 is 0.897 bits per heavy atom. The molecule has 7 heteroatoms. The minimum absolute atomic E-state index is 0.237. The van der Waals surface area contributed by atoms with Crippen molar-refractivity contribution in [1.82, 2.24) is 5.32 Å². The van der Waals surface area contributed by atoms with E-state index in [9.17, 15) is 9.59 Å². The molecule has 0 saturated heterocycles. The summed E-state index contributed by atoms with van der Waals surface area (Å²) in [4.78, 5) is 25.6. The number of halogens is 2. The van der Waals surface area contributed by atoms with Crippen LogP contribution in [0.15, 0.2) is 72.8 Å². The number of nitrogens with one attached hydrogen (secondary N) is 2. The first-order valence-corrected chi connectivity index (χ1v) is 9.65. The summed E-state index contributed by atoms with van der Waals surface area (Å²) >= 11 is 12.1. The van der Waals surface area contributed by atoms with Crippen LogP contribution in [0.3, 0.4) is 0 Å². The van der Waals surface area contributed by atoms with Crippen LogP contribution in [0.1, 0.15) is 15.9 Å². The molecule has 0 fully saturated rings. The normalized spacial score (nSPS) is 11.5. The van der Waals surface area contributed by atoms with Crippen molar-refractivity contribution < 1.29 is 9.59 Å². The summed E-state index contributed by atoms with van der Waals surface area (Å²) in [5.74, 6) is -0.731. The Bertz CT molecular complexity index is 988. The Hall–Kier alpha value is -3.02. The van der Waals surface area contributed by atoms with Crippen LogP contribution in [0.25, 0.3) is 0 Å². The van der Waals surface area contributed by atoms with Gasteiger partial charge in [-0.05, 0) is 29.8 Å². The lowest BCUT2D eigenvalue weighted by atomic mass is 10.0. The van der Waals surface area contributed by atoms with Gasteiger partial charge >= 0.3 is 0 Å². The fourth-order valence-corrected chi connectivity index (χ4v) is 3.26. The zero-order chi connectivity index (χ0) is 20.8. The van der Waals surface area contributed by atoms with E-state index in [0.29, 0.717) is 17.7 Å². The fourth-order valence-electron chi connectivity index (χ4n) is 2.78. The van der Waals surface area contributed by atoms with Crippen LogP contribution < -0.4 is 16.4 Å². The summed E-state index contributed by atoms with van der Waals surface area (Å²) in [7, 11) is 0. The van der Waals surface area contributed by atoms with Gasteiger partial charge in [0.1, 0.15) is 6.04 Å². The second kappa shape index (κ2) is 9.45. The number of hydrogen-bond acceptors (Lipinski definition) is 3. The van der Waals surface area contributed by atoms with Gasteiger partial charge in [-0.3, -0.25) is 9.59 Å². The number of anilines is 2. The maximum atomic E-state index is 12.9. The Morgan fingerprint density at radius 3 is 2.03 bits per heavy atom. The van der Waals surface area contributed by atoms with Crippen molar-refractivity contribution in [3.63, 3.8) is 0 Å². The van der Waals surface area contributed by atoms with E-state index in [2.05, 4.69) is 10.6 Å². The number of nitrogen functional groups attached to an aromatic ring is 1. The summed E-state index contributed by atoms with van der Waals surface area (Å²) in [5, 5.41) is 6.02. The van der Waals surface area contributed by atoms with E-state index in [1.807, 2.05) is 36.4 Å². The number of benzene rings is 3. The third-order valence-electron chi connectivity index (χ3n) is 4.29. The number of rotatable bonds is 6. The number of carbonyl (C=O) groups is 2. The minimum Gasteiger partial charge on any atom is -0.396 e. The van der Waals surface area contributed by atoms with Crippen LogP contribution in [-0.4, -0.2) is 17.9 Å². The SMILES string of the molecule is Nc1c(Cl)cc(NC(=O)[C@@H](Cc2ccccc2)NC(=O)c2ccccc2)cc1Cl. The molecular formula is C22H19Cl2N3O2. The van der Waals surface area contributed by atoms with Crippen molar-refractivity contribution in [2.45, 2.75) is 12.5 Å². The molecule has 0 unspecified atom stereocenters. The van der Waals surface area contributed by atoms with E-state index in [0.717, 1.165) is 5.56 Å². The molecule has 4 N–H and O–H groups in total.